The van der Waals surface area contributed by atoms with Crippen molar-refractivity contribution >= 4 is 11.6 Å². The van der Waals surface area contributed by atoms with Crippen LogP contribution in [0.5, 0.6) is 11.5 Å². The van der Waals surface area contributed by atoms with Gasteiger partial charge in [-0.3, -0.25) is 4.79 Å². The quantitative estimate of drug-likeness (QED) is 0.636. The molecule has 1 amide bonds. The van der Waals surface area contributed by atoms with Gasteiger partial charge in [0.15, 0.2) is 6.10 Å². The molecule has 0 fully saturated rings. The number of ether oxygens (including phenoxy) is 3. The van der Waals surface area contributed by atoms with Crippen molar-refractivity contribution in [3.8, 4) is 11.5 Å². The number of benzene rings is 2. The Morgan fingerprint density at radius 1 is 1.07 bits per heavy atom. The Morgan fingerprint density at radius 3 is 2.68 bits per heavy atom. The molecule has 0 bridgehead atoms. The van der Waals surface area contributed by atoms with E-state index in [0.717, 1.165) is 29.8 Å². The normalized spacial score (nSPS) is 15.9. The molecule has 1 heterocycles. The van der Waals surface area contributed by atoms with Crippen LogP contribution in [-0.4, -0.2) is 44.0 Å². The molecule has 0 aliphatic carbocycles. The highest BCUT2D eigenvalue weighted by molar-refractivity contribution is 6.00. The largest absolute Gasteiger partial charge is 0.493 e. The number of carbonyl (C=O) groups excluding carboxylic acids is 1. The lowest BCUT2D eigenvalue weighted by Crippen LogP contribution is -2.47. The molecule has 2 aromatic rings. The maximum absolute atomic E-state index is 13.0. The van der Waals surface area contributed by atoms with Gasteiger partial charge in [-0.15, -0.1) is 0 Å². The Kier molecular flexibility index (Phi) is 7.28. The maximum atomic E-state index is 13.0. The number of fused-ring (bicyclic) bond motifs is 1. The summed E-state index contributed by atoms with van der Waals surface area (Å²) < 4.78 is 16.8. The number of nitrogens with zero attached hydrogens (tertiary/aromatic N) is 1. The molecular weight excluding hydrogens is 358 g/mol. The summed E-state index contributed by atoms with van der Waals surface area (Å²) in [6, 6.07) is 14.9. The van der Waals surface area contributed by atoms with Crippen LogP contribution in [0, 0.1) is 0 Å². The van der Waals surface area contributed by atoms with E-state index >= 15 is 0 Å². The minimum Gasteiger partial charge on any atom is -0.493 e. The molecule has 1 aliphatic rings. The van der Waals surface area contributed by atoms with Gasteiger partial charge in [0.05, 0.1) is 18.9 Å². The molecule has 0 saturated carbocycles. The van der Waals surface area contributed by atoms with E-state index in [1.807, 2.05) is 48.5 Å². The van der Waals surface area contributed by atoms with Crippen molar-refractivity contribution in [2.45, 2.75) is 32.0 Å². The van der Waals surface area contributed by atoms with Gasteiger partial charge in [0, 0.05) is 32.2 Å². The van der Waals surface area contributed by atoms with Crippen LogP contribution in [-0.2, 0) is 16.1 Å². The molecule has 1 aliphatic heterocycles. The summed E-state index contributed by atoms with van der Waals surface area (Å²) in [6.07, 6.45) is 1.61. The fraction of sp³-hybridized carbons (Fsp3) is 0.409. The zero-order valence-corrected chi connectivity index (χ0v) is 16.2. The molecule has 6 heteroatoms. The molecule has 0 aromatic heterocycles. The summed E-state index contributed by atoms with van der Waals surface area (Å²) in [7, 11) is 1.68. The van der Waals surface area contributed by atoms with E-state index in [1.54, 1.807) is 12.0 Å². The smallest absolute Gasteiger partial charge is 0.268 e. The zero-order valence-electron chi connectivity index (χ0n) is 16.2. The van der Waals surface area contributed by atoms with Crippen molar-refractivity contribution in [2.24, 2.45) is 0 Å². The summed E-state index contributed by atoms with van der Waals surface area (Å²) in [6.45, 7) is 1.56. The predicted octanol–water partition coefficient (Wildman–Crippen LogP) is 3.17. The van der Waals surface area contributed by atoms with Crippen LogP contribution in [0.25, 0.3) is 0 Å². The van der Waals surface area contributed by atoms with Crippen LogP contribution < -0.4 is 14.4 Å². The van der Waals surface area contributed by atoms with E-state index < -0.39 is 6.10 Å². The van der Waals surface area contributed by atoms with E-state index in [2.05, 4.69) is 0 Å². The fourth-order valence-electron chi connectivity index (χ4n) is 3.26. The number of aliphatic hydroxyl groups excluding tert-OH is 1. The number of anilines is 1. The number of rotatable bonds is 10. The Bertz CT molecular complexity index is 779. The first-order chi connectivity index (χ1) is 13.7. The van der Waals surface area contributed by atoms with Gasteiger partial charge >= 0.3 is 0 Å². The van der Waals surface area contributed by atoms with Gasteiger partial charge in [-0.1, -0.05) is 30.3 Å². The minimum absolute atomic E-state index is 0.0461. The van der Waals surface area contributed by atoms with Gasteiger partial charge in [0.1, 0.15) is 11.5 Å². The van der Waals surface area contributed by atoms with Crippen molar-refractivity contribution in [3.63, 3.8) is 0 Å². The highest BCUT2D eigenvalue weighted by atomic mass is 16.5. The molecule has 3 rings (SSSR count). The van der Waals surface area contributed by atoms with Gasteiger partial charge in [0.25, 0.3) is 5.91 Å². The Morgan fingerprint density at radius 2 is 1.86 bits per heavy atom. The van der Waals surface area contributed by atoms with E-state index in [9.17, 15) is 9.90 Å². The fourth-order valence-corrected chi connectivity index (χ4v) is 3.26. The van der Waals surface area contributed by atoms with E-state index in [4.69, 9.17) is 14.2 Å². The second-order valence-electron chi connectivity index (χ2n) is 6.67. The Labute approximate surface area is 165 Å². The lowest BCUT2D eigenvalue weighted by molar-refractivity contribution is -0.127. The van der Waals surface area contributed by atoms with Crippen LogP contribution in [0.4, 0.5) is 5.69 Å². The highest BCUT2D eigenvalue weighted by Crippen LogP contribution is 2.34. The average Bonchev–Trinajstić information content (AvgIpc) is 2.73. The van der Waals surface area contributed by atoms with Crippen molar-refractivity contribution in [1.82, 2.24) is 0 Å². The molecule has 6 nitrogen and oxygen atoms in total. The molecule has 1 atom stereocenters. The van der Waals surface area contributed by atoms with Gasteiger partial charge < -0.3 is 24.2 Å². The molecule has 0 spiro atoms. The molecule has 1 unspecified atom stereocenters. The van der Waals surface area contributed by atoms with Gasteiger partial charge in [0.2, 0.25) is 0 Å². The third kappa shape index (κ3) is 4.82. The van der Waals surface area contributed by atoms with Gasteiger partial charge in [-0.25, -0.2) is 0 Å². The third-order valence-corrected chi connectivity index (χ3v) is 4.73. The lowest BCUT2D eigenvalue weighted by Gasteiger charge is -2.34. The van der Waals surface area contributed by atoms with E-state index in [0.29, 0.717) is 31.9 Å². The number of unbranched alkanes of at least 4 members (excludes halogenated alkanes) is 1. The topological polar surface area (TPSA) is 68.2 Å². The first-order valence-corrected chi connectivity index (χ1v) is 9.62. The zero-order chi connectivity index (χ0) is 19.8. The maximum Gasteiger partial charge on any atom is 0.268 e. The number of methoxy groups -OCH3 is 1. The molecule has 0 radical (unpaired) electrons. The SMILES string of the molecule is COCCCCN1C(=O)C(CCOc2ccccc2CO)Oc2ccccc21. The summed E-state index contributed by atoms with van der Waals surface area (Å²) in [5.74, 6) is 1.30. The number of amides is 1. The Hall–Kier alpha value is -2.57. The predicted molar refractivity (Wildman–Crippen MR) is 107 cm³/mol. The van der Waals surface area contributed by atoms with E-state index in [1.165, 1.54) is 0 Å². The first-order valence-electron chi connectivity index (χ1n) is 9.62. The summed E-state index contributed by atoms with van der Waals surface area (Å²) in [5.41, 5.74) is 1.54. The lowest BCUT2D eigenvalue weighted by atomic mass is 10.1. The molecular formula is C22H27NO5. The van der Waals surface area contributed by atoms with Gasteiger partial charge in [-0.2, -0.15) is 0 Å². The minimum atomic E-state index is -0.585. The summed E-state index contributed by atoms with van der Waals surface area (Å²) >= 11 is 0. The number of carbonyl (C=O) groups is 1. The van der Waals surface area contributed by atoms with Crippen molar-refractivity contribution < 1.29 is 24.1 Å². The van der Waals surface area contributed by atoms with Crippen LogP contribution in [0.3, 0.4) is 0 Å². The third-order valence-electron chi connectivity index (χ3n) is 4.73. The number of hydrogen-bond donors (Lipinski definition) is 1. The van der Waals surface area contributed by atoms with Crippen LogP contribution in [0.15, 0.2) is 48.5 Å². The summed E-state index contributed by atoms with van der Waals surface area (Å²) in [5, 5.41) is 9.40. The number of hydrogen-bond acceptors (Lipinski definition) is 5. The average molecular weight is 385 g/mol. The number of para-hydroxylation sites is 3. The van der Waals surface area contributed by atoms with Crippen LogP contribution >= 0.6 is 0 Å². The Balaban J connectivity index is 1.64. The van der Waals surface area contributed by atoms with Gasteiger partial charge in [-0.05, 0) is 31.0 Å². The van der Waals surface area contributed by atoms with Crippen molar-refractivity contribution in [3.05, 3.63) is 54.1 Å². The highest BCUT2D eigenvalue weighted by Gasteiger charge is 2.33. The van der Waals surface area contributed by atoms with Crippen LogP contribution in [0.1, 0.15) is 24.8 Å². The van der Waals surface area contributed by atoms with Crippen molar-refractivity contribution in [1.29, 1.82) is 0 Å². The van der Waals surface area contributed by atoms with Crippen LogP contribution in [0.2, 0.25) is 0 Å². The molecule has 150 valence electrons. The monoisotopic (exact) mass is 385 g/mol. The molecule has 2 aromatic carbocycles. The second kappa shape index (κ2) is 10.1. The molecule has 28 heavy (non-hydrogen) atoms. The standard InChI is InChI=1S/C22H27NO5/c1-26-14-7-6-13-23-18-9-3-5-11-20(18)28-21(22(23)25)12-15-27-19-10-4-2-8-17(19)16-24/h2-5,8-11,21,24H,6-7,12-16H2,1H3. The number of aliphatic hydroxyl groups is 1. The molecule has 1 N–H and O–H groups in total. The molecule has 0 saturated heterocycles. The van der Waals surface area contributed by atoms with Crippen molar-refractivity contribution in [2.75, 3.05) is 31.8 Å². The van der Waals surface area contributed by atoms with E-state index in [-0.39, 0.29) is 12.5 Å². The first kappa shape index (κ1) is 20.2. The second-order valence-corrected chi connectivity index (χ2v) is 6.67. The summed E-state index contributed by atoms with van der Waals surface area (Å²) in [4.78, 5) is 14.8.